The zero-order valence-corrected chi connectivity index (χ0v) is 30.8. The number of nitrogens with zero attached hydrogens (tertiary/aromatic N) is 2. The van der Waals surface area contributed by atoms with Crippen LogP contribution in [-0.2, 0) is 56.3 Å². The van der Waals surface area contributed by atoms with Gasteiger partial charge in [-0.25, -0.2) is 4.79 Å². The first-order valence-corrected chi connectivity index (χ1v) is 18.6. The van der Waals surface area contributed by atoms with Crippen LogP contribution in [0.4, 0.5) is 0 Å². The highest BCUT2D eigenvalue weighted by atomic mass is 16.5. The van der Waals surface area contributed by atoms with Crippen LogP contribution in [0.1, 0.15) is 38.2 Å². The number of rotatable bonds is 6. The fourth-order valence-corrected chi connectivity index (χ4v) is 8.41. The molecule has 7 heterocycles. The summed E-state index contributed by atoms with van der Waals surface area (Å²) in [6.07, 6.45) is 9.70. The molecule has 0 spiro atoms. The van der Waals surface area contributed by atoms with E-state index in [0.717, 1.165) is 80.7 Å². The van der Waals surface area contributed by atoms with E-state index in [9.17, 15) is 24.0 Å². The van der Waals surface area contributed by atoms with E-state index in [-0.39, 0.29) is 17.7 Å². The standard InChI is InChI=1S/C22H15N3O2.C13H11NO3.C10H10N2O/c26-21-18(15-10-23-17-7-2-1-5-13(15)17)19(22(27)24-21)16-11-25-9-8-12-4-3-6-14(16)20(12)25;1-17-13(16)12(15)10-7-14-6-5-8-3-2-4-9(10)11(8)14;11-10(13)5-7-6-12-9-4-2-1-3-8(7)9/h1-7,10-11,23H,8-9H2,(H,24,26,27);2-4,7H,5-6H2,1H3;1-4,6,12H,5H2,(H2,11,13). The van der Waals surface area contributed by atoms with Crippen molar-refractivity contribution in [1.82, 2.24) is 24.4 Å². The fourth-order valence-electron chi connectivity index (χ4n) is 8.41. The summed E-state index contributed by atoms with van der Waals surface area (Å²) in [5.74, 6) is -2.35. The van der Waals surface area contributed by atoms with Crippen LogP contribution in [-0.4, -0.2) is 55.7 Å². The number of methoxy groups -OCH3 is 1. The van der Waals surface area contributed by atoms with Crippen molar-refractivity contribution in [3.05, 3.63) is 143 Å². The normalized spacial score (nSPS) is 13.9. The molecule has 0 fully saturated rings. The number of ether oxygens (including phenoxy) is 1. The minimum absolute atomic E-state index is 0.296. The number of primary amides is 1. The molecule has 0 atom stereocenters. The van der Waals surface area contributed by atoms with Crippen LogP contribution in [0.25, 0.3) is 54.8 Å². The number of carbonyl (C=O) groups is 5. The van der Waals surface area contributed by atoms with Gasteiger partial charge >= 0.3 is 5.97 Å². The van der Waals surface area contributed by atoms with Crippen molar-refractivity contribution in [2.24, 2.45) is 5.73 Å². The lowest BCUT2D eigenvalue weighted by molar-refractivity contribution is -0.135. The average molecular weight is 757 g/mol. The van der Waals surface area contributed by atoms with Gasteiger partial charge in [-0.15, -0.1) is 0 Å². The van der Waals surface area contributed by atoms with Crippen LogP contribution in [0, 0.1) is 0 Å². The van der Waals surface area contributed by atoms with Gasteiger partial charge in [-0.3, -0.25) is 24.5 Å². The quantitative estimate of drug-likeness (QED) is 0.0702. The van der Waals surface area contributed by atoms with Gasteiger partial charge in [0.05, 0.1) is 41.3 Å². The van der Waals surface area contributed by atoms with E-state index in [0.29, 0.717) is 23.1 Å². The molecular formula is C45H36N6O6. The highest BCUT2D eigenvalue weighted by Gasteiger charge is 2.35. The SMILES string of the molecule is COC(=O)C(=O)c1cn2c3c(cccc13)CC2.NC(=O)Cc1c[nH]c2ccccc12.O=C1NC(=O)C(c2cn3c4c(cccc24)CC3)=C1c1c[nH]c2ccccc12. The number of aryl methyl sites for hydroxylation is 4. The first-order valence-electron chi connectivity index (χ1n) is 18.6. The molecule has 0 aliphatic carbocycles. The number of Topliss-reactive ketones (excluding diaryl/α,β-unsaturated/α-hetero) is 1. The van der Waals surface area contributed by atoms with Crippen molar-refractivity contribution in [1.29, 1.82) is 0 Å². The summed E-state index contributed by atoms with van der Waals surface area (Å²) >= 11 is 0. The van der Waals surface area contributed by atoms with Crippen molar-refractivity contribution >= 4 is 84.2 Å². The van der Waals surface area contributed by atoms with Gasteiger partial charge in [-0.2, -0.15) is 0 Å². The molecule has 57 heavy (non-hydrogen) atoms. The summed E-state index contributed by atoms with van der Waals surface area (Å²) in [4.78, 5) is 65.6. The zero-order valence-electron chi connectivity index (χ0n) is 30.8. The van der Waals surface area contributed by atoms with Gasteiger partial charge in [0.1, 0.15) is 0 Å². The van der Waals surface area contributed by atoms with E-state index in [1.807, 2.05) is 96.0 Å². The van der Waals surface area contributed by atoms with E-state index in [4.69, 9.17) is 5.73 Å². The van der Waals surface area contributed by atoms with Gasteiger partial charge in [0, 0.05) is 81.6 Å². The van der Waals surface area contributed by atoms with Crippen molar-refractivity contribution < 1.29 is 28.7 Å². The minimum atomic E-state index is -0.810. The van der Waals surface area contributed by atoms with E-state index in [2.05, 4.69) is 36.7 Å². The monoisotopic (exact) mass is 756 g/mol. The van der Waals surface area contributed by atoms with Crippen molar-refractivity contribution in [2.45, 2.75) is 32.4 Å². The minimum Gasteiger partial charge on any atom is -0.463 e. The maximum absolute atomic E-state index is 12.8. The van der Waals surface area contributed by atoms with Crippen LogP contribution < -0.4 is 11.1 Å². The second-order valence-corrected chi connectivity index (χ2v) is 14.2. The Labute approximate surface area is 324 Å². The molecule has 3 aliphatic heterocycles. The number of amides is 3. The molecule has 0 bridgehead atoms. The van der Waals surface area contributed by atoms with Crippen molar-refractivity contribution in [3.63, 3.8) is 0 Å². The Kier molecular flexibility index (Phi) is 8.65. The Morgan fingerprint density at radius 1 is 0.667 bits per heavy atom. The molecule has 282 valence electrons. The van der Waals surface area contributed by atoms with Gasteiger partial charge in [-0.1, -0.05) is 72.8 Å². The third-order valence-electron chi connectivity index (χ3n) is 10.9. The Morgan fingerprint density at radius 2 is 1.23 bits per heavy atom. The number of fused-ring (bicyclic) bond motifs is 2. The second kappa shape index (κ2) is 14.0. The number of nitrogens with two attached hydrogens (primary N) is 1. The summed E-state index contributed by atoms with van der Waals surface area (Å²) < 4.78 is 8.69. The second-order valence-electron chi connectivity index (χ2n) is 14.2. The topological polar surface area (TPSA) is 174 Å². The number of benzene rings is 4. The Bertz CT molecular complexity index is 3030. The maximum Gasteiger partial charge on any atom is 0.379 e. The largest absolute Gasteiger partial charge is 0.463 e. The summed E-state index contributed by atoms with van der Waals surface area (Å²) in [7, 11) is 1.22. The van der Waals surface area contributed by atoms with Gasteiger partial charge in [-0.05, 0) is 41.7 Å². The van der Waals surface area contributed by atoms with Crippen LogP contribution in [0.3, 0.4) is 0 Å². The van der Waals surface area contributed by atoms with Gasteiger partial charge in [0.2, 0.25) is 5.91 Å². The Hall–Kier alpha value is -7.47. The number of ketones is 1. The maximum atomic E-state index is 12.8. The lowest BCUT2D eigenvalue weighted by Crippen LogP contribution is -2.22. The van der Waals surface area contributed by atoms with Gasteiger partial charge in [0.15, 0.2) is 0 Å². The van der Waals surface area contributed by atoms with Gasteiger partial charge < -0.3 is 29.6 Å². The average Bonchev–Trinajstić information content (AvgIpc) is 4.10. The summed E-state index contributed by atoms with van der Waals surface area (Å²) in [6.45, 7) is 1.77. The molecule has 11 rings (SSSR count). The number of hydrogen-bond donors (Lipinski definition) is 4. The summed E-state index contributed by atoms with van der Waals surface area (Å²) in [5.41, 5.74) is 15.8. The summed E-state index contributed by atoms with van der Waals surface area (Å²) in [5, 5.41) is 6.38. The lowest BCUT2D eigenvalue weighted by Gasteiger charge is -2.04. The summed E-state index contributed by atoms with van der Waals surface area (Å²) in [6, 6.07) is 27.7. The Morgan fingerprint density at radius 3 is 1.91 bits per heavy atom. The van der Waals surface area contributed by atoms with Crippen LogP contribution in [0.5, 0.6) is 0 Å². The molecule has 0 saturated heterocycles. The van der Waals surface area contributed by atoms with Crippen LogP contribution in [0.15, 0.2) is 110 Å². The number of hydrogen-bond acceptors (Lipinski definition) is 6. The number of esters is 1. The molecule has 12 heteroatoms. The fraction of sp³-hybridized carbons (Fsp3) is 0.133. The molecule has 5 N–H and O–H groups in total. The number of imide groups is 1. The molecule has 12 nitrogen and oxygen atoms in total. The van der Waals surface area contributed by atoms with Crippen LogP contribution >= 0.6 is 0 Å². The van der Waals surface area contributed by atoms with Crippen LogP contribution in [0.2, 0.25) is 0 Å². The first kappa shape index (κ1) is 35.2. The number of aromatic nitrogens is 4. The third-order valence-corrected chi connectivity index (χ3v) is 10.9. The molecule has 4 aromatic heterocycles. The highest BCUT2D eigenvalue weighted by molar-refractivity contribution is 6.51. The molecule has 4 aromatic carbocycles. The molecule has 3 amide bonds. The Balaban J connectivity index is 0.000000121. The molecule has 0 saturated carbocycles. The highest BCUT2D eigenvalue weighted by Crippen LogP contribution is 2.40. The number of nitrogens with one attached hydrogen (secondary N) is 3. The first-order chi connectivity index (χ1) is 27.7. The predicted molar refractivity (Wildman–Crippen MR) is 217 cm³/mol. The predicted octanol–water partition coefficient (Wildman–Crippen LogP) is 5.99. The number of H-pyrrole nitrogens is 2. The molecular weight excluding hydrogens is 721 g/mol. The van der Waals surface area contributed by atoms with E-state index < -0.39 is 11.8 Å². The number of carbonyl (C=O) groups excluding carboxylic acids is 5. The lowest BCUT2D eigenvalue weighted by atomic mass is 9.95. The molecule has 8 aromatic rings. The van der Waals surface area contributed by atoms with Crippen molar-refractivity contribution in [2.75, 3.05) is 7.11 Å². The third kappa shape index (κ3) is 5.98. The van der Waals surface area contributed by atoms with E-state index in [1.165, 1.54) is 23.8 Å². The number of para-hydroxylation sites is 4. The molecule has 0 unspecified atom stereocenters. The van der Waals surface area contributed by atoms with Gasteiger partial charge in [0.25, 0.3) is 17.6 Å². The zero-order chi connectivity index (χ0) is 39.4. The smallest absolute Gasteiger partial charge is 0.379 e. The number of aromatic amines is 2. The molecule has 3 aliphatic rings. The molecule has 0 radical (unpaired) electrons. The van der Waals surface area contributed by atoms with E-state index in [1.54, 1.807) is 6.20 Å². The van der Waals surface area contributed by atoms with E-state index >= 15 is 0 Å². The van der Waals surface area contributed by atoms with Crippen molar-refractivity contribution in [3.8, 4) is 0 Å².